The van der Waals surface area contributed by atoms with Gasteiger partial charge in [0.1, 0.15) is 0 Å². The molecule has 2 heterocycles. The molecule has 0 unspecified atom stereocenters. The monoisotopic (exact) mass is 344 g/mol. The van der Waals surface area contributed by atoms with Gasteiger partial charge in [-0.3, -0.25) is 9.59 Å². The summed E-state index contributed by atoms with van der Waals surface area (Å²) in [5, 5.41) is 0.298. The van der Waals surface area contributed by atoms with Crippen LogP contribution in [0.1, 0.15) is 16.8 Å². The van der Waals surface area contributed by atoms with E-state index in [2.05, 4.69) is 4.74 Å². The fourth-order valence-corrected chi connectivity index (χ4v) is 3.81. The second-order valence-corrected chi connectivity index (χ2v) is 6.97. The highest BCUT2D eigenvalue weighted by atomic mass is 32.2. The number of likely N-dealkylation sites (tertiary alicyclic amines) is 1. The van der Waals surface area contributed by atoms with E-state index in [1.54, 1.807) is 11.8 Å². The third-order valence-electron chi connectivity index (χ3n) is 4.11. The van der Waals surface area contributed by atoms with Crippen LogP contribution in [-0.4, -0.2) is 52.5 Å². The Morgan fingerprint density at radius 3 is 2.58 bits per heavy atom. The Bertz CT molecular complexity index is 698. The summed E-state index contributed by atoms with van der Waals surface area (Å²) in [7, 11) is 1.39. The van der Waals surface area contributed by atoms with Gasteiger partial charge in [-0.2, -0.15) is 0 Å². The average molecular weight is 344 g/mol. The van der Waals surface area contributed by atoms with Gasteiger partial charge >= 0.3 is 5.97 Å². The number of thioether (sulfide) groups is 1. The molecular weight excluding hydrogens is 324 g/mol. The van der Waals surface area contributed by atoms with Crippen LogP contribution in [0.5, 0.6) is 0 Å². The Morgan fingerprint density at radius 1 is 1.21 bits per heavy atom. The summed E-state index contributed by atoms with van der Waals surface area (Å²) in [5.41, 5.74) is 1.73. The van der Waals surface area contributed by atoms with Crippen LogP contribution in [0.2, 0.25) is 0 Å². The van der Waals surface area contributed by atoms with Crippen LogP contribution in [0.4, 0.5) is 0 Å². The second-order valence-electron chi connectivity index (χ2n) is 5.69. The summed E-state index contributed by atoms with van der Waals surface area (Å²) in [5.74, 6) is 0.176. The molecule has 2 aromatic rings. The minimum atomic E-state index is -0.217. The van der Waals surface area contributed by atoms with E-state index in [0.29, 0.717) is 23.1 Å². The molecule has 1 fully saturated rings. The lowest BCUT2D eigenvalue weighted by molar-refractivity contribution is -0.137. The largest absolute Gasteiger partial charge is 0.468 e. The van der Waals surface area contributed by atoms with E-state index in [1.807, 2.05) is 58.3 Å². The first-order valence-electron chi connectivity index (χ1n) is 7.88. The Kier molecular flexibility index (Phi) is 5.25. The third-order valence-corrected chi connectivity index (χ3v) is 5.37. The van der Waals surface area contributed by atoms with Crippen molar-refractivity contribution in [1.29, 1.82) is 0 Å². The molecule has 1 atom stereocenters. The van der Waals surface area contributed by atoms with E-state index in [9.17, 15) is 9.59 Å². The Hall–Kier alpha value is -2.21. The van der Waals surface area contributed by atoms with Crippen LogP contribution in [0, 0.1) is 0 Å². The number of carbonyl (C=O) groups is 2. The van der Waals surface area contributed by atoms with E-state index < -0.39 is 0 Å². The van der Waals surface area contributed by atoms with Gasteiger partial charge in [-0.15, -0.1) is 11.8 Å². The van der Waals surface area contributed by atoms with Gasteiger partial charge < -0.3 is 14.2 Å². The minimum Gasteiger partial charge on any atom is -0.468 e. The molecule has 5 nitrogen and oxygen atoms in total. The number of esters is 1. The van der Waals surface area contributed by atoms with Gasteiger partial charge in [-0.05, 0) is 42.8 Å². The zero-order valence-corrected chi connectivity index (χ0v) is 14.4. The summed E-state index contributed by atoms with van der Waals surface area (Å²) in [6.45, 7) is 1.41. The topological polar surface area (TPSA) is 51.5 Å². The third kappa shape index (κ3) is 3.82. The van der Waals surface area contributed by atoms with Crippen molar-refractivity contribution in [2.45, 2.75) is 11.7 Å². The molecule has 6 heteroatoms. The lowest BCUT2D eigenvalue weighted by Gasteiger charge is -2.16. The van der Waals surface area contributed by atoms with Crippen molar-refractivity contribution in [2.24, 2.45) is 0 Å². The van der Waals surface area contributed by atoms with Crippen molar-refractivity contribution in [3.05, 3.63) is 54.4 Å². The second kappa shape index (κ2) is 7.57. The molecule has 0 saturated carbocycles. The van der Waals surface area contributed by atoms with Gasteiger partial charge in [0.15, 0.2) is 0 Å². The highest BCUT2D eigenvalue weighted by molar-refractivity contribution is 8.00. The molecule has 1 aliphatic heterocycles. The van der Waals surface area contributed by atoms with Crippen LogP contribution in [0.15, 0.2) is 48.8 Å². The number of nitrogens with zero attached hydrogens (tertiary/aromatic N) is 2. The zero-order valence-electron chi connectivity index (χ0n) is 13.6. The zero-order chi connectivity index (χ0) is 16.9. The average Bonchev–Trinajstić information content (AvgIpc) is 3.31. The van der Waals surface area contributed by atoms with Crippen LogP contribution in [0.25, 0.3) is 5.69 Å². The summed E-state index contributed by atoms with van der Waals surface area (Å²) in [6, 6.07) is 11.6. The summed E-state index contributed by atoms with van der Waals surface area (Å²) in [6.07, 6.45) is 4.86. The first-order chi connectivity index (χ1) is 11.7. The summed E-state index contributed by atoms with van der Waals surface area (Å²) in [4.78, 5) is 25.7. The molecule has 1 aliphatic rings. The number of hydrogen-bond donors (Lipinski definition) is 0. The lowest BCUT2D eigenvalue weighted by Crippen LogP contribution is -2.29. The molecule has 1 aromatic carbocycles. The van der Waals surface area contributed by atoms with Gasteiger partial charge in [0.05, 0.1) is 12.9 Å². The van der Waals surface area contributed by atoms with Crippen molar-refractivity contribution in [2.75, 3.05) is 26.0 Å². The number of ether oxygens (including phenoxy) is 1. The highest BCUT2D eigenvalue weighted by Crippen LogP contribution is 2.24. The number of hydrogen-bond acceptors (Lipinski definition) is 4. The van der Waals surface area contributed by atoms with Crippen molar-refractivity contribution in [1.82, 2.24) is 9.47 Å². The van der Waals surface area contributed by atoms with Crippen LogP contribution in [0.3, 0.4) is 0 Å². The molecule has 1 saturated heterocycles. The number of aromatic nitrogens is 1. The van der Waals surface area contributed by atoms with Crippen molar-refractivity contribution < 1.29 is 14.3 Å². The smallest absolute Gasteiger partial charge is 0.315 e. The van der Waals surface area contributed by atoms with Gasteiger partial charge in [0.25, 0.3) is 5.91 Å². The molecule has 0 N–H and O–H groups in total. The molecular formula is C18H20N2O3S. The van der Waals surface area contributed by atoms with E-state index >= 15 is 0 Å². The number of benzene rings is 1. The van der Waals surface area contributed by atoms with Gasteiger partial charge in [0.2, 0.25) is 0 Å². The maximum atomic E-state index is 12.6. The Labute approximate surface area is 145 Å². The minimum absolute atomic E-state index is 0.0511. The van der Waals surface area contributed by atoms with Crippen LogP contribution < -0.4 is 0 Å². The molecule has 126 valence electrons. The van der Waals surface area contributed by atoms with Crippen molar-refractivity contribution in [3.63, 3.8) is 0 Å². The van der Waals surface area contributed by atoms with Crippen LogP contribution in [-0.2, 0) is 9.53 Å². The number of rotatable bonds is 5. The van der Waals surface area contributed by atoms with E-state index in [1.165, 1.54) is 7.11 Å². The summed E-state index contributed by atoms with van der Waals surface area (Å²) >= 11 is 1.56. The normalized spacial score (nSPS) is 17.0. The van der Waals surface area contributed by atoms with E-state index in [-0.39, 0.29) is 11.9 Å². The van der Waals surface area contributed by atoms with E-state index in [0.717, 1.165) is 18.7 Å². The number of carbonyl (C=O) groups excluding carboxylic acids is 2. The fourth-order valence-electron chi connectivity index (χ4n) is 2.76. The maximum absolute atomic E-state index is 12.6. The predicted molar refractivity (Wildman–Crippen MR) is 94.6 cm³/mol. The fraction of sp³-hybridized carbons (Fsp3) is 0.333. The molecule has 0 bridgehead atoms. The van der Waals surface area contributed by atoms with Crippen molar-refractivity contribution >= 4 is 23.6 Å². The predicted octanol–water partition coefficient (Wildman–Crippen LogP) is 2.60. The van der Waals surface area contributed by atoms with Gasteiger partial charge in [-0.1, -0.05) is 0 Å². The van der Waals surface area contributed by atoms with E-state index in [4.69, 9.17) is 0 Å². The Morgan fingerprint density at radius 2 is 1.92 bits per heavy atom. The molecule has 0 spiro atoms. The first-order valence-corrected chi connectivity index (χ1v) is 8.93. The number of amides is 1. The van der Waals surface area contributed by atoms with Crippen LogP contribution >= 0.6 is 11.8 Å². The summed E-state index contributed by atoms with van der Waals surface area (Å²) < 4.78 is 6.66. The highest BCUT2D eigenvalue weighted by Gasteiger charge is 2.27. The van der Waals surface area contributed by atoms with Gasteiger partial charge in [-0.25, -0.2) is 0 Å². The lowest BCUT2D eigenvalue weighted by atomic mass is 10.2. The molecule has 3 rings (SSSR count). The van der Waals surface area contributed by atoms with Crippen molar-refractivity contribution in [3.8, 4) is 5.69 Å². The molecule has 1 amide bonds. The SMILES string of the molecule is COC(=O)CS[C@H]1CCN(C(=O)c2ccc(-n3cccc3)cc2)C1. The number of methoxy groups -OCH3 is 1. The molecule has 0 radical (unpaired) electrons. The molecule has 1 aromatic heterocycles. The van der Waals surface area contributed by atoms with Gasteiger partial charge in [0, 0.05) is 42.0 Å². The standard InChI is InChI=1S/C18H20N2O3S/c1-23-17(21)13-24-16-8-11-20(12-16)18(22)14-4-6-15(7-5-14)19-9-2-3-10-19/h2-7,9-10,16H,8,11-13H2,1H3/t16-/m0/s1. The molecule has 24 heavy (non-hydrogen) atoms. The molecule has 0 aliphatic carbocycles. The Balaban J connectivity index is 1.58. The quantitative estimate of drug-likeness (QED) is 0.783. The first kappa shape index (κ1) is 16.6. The maximum Gasteiger partial charge on any atom is 0.315 e.